The van der Waals surface area contributed by atoms with Gasteiger partial charge in [-0.1, -0.05) is 12.1 Å². The van der Waals surface area contributed by atoms with Crippen LogP contribution in [0, 0.1) is 20.8 Å². The van der Waals surface area contributed by atoms with E-state index in [1.165, 1.54) is 27.7 Å². The summed E-state index contributed by atoms with van der Waals surface area (Å²) >= 11 is 0. The Bertz CT molecular complexity index is 1180. The van der Waals surface area contributed by atoms with E-state index in [0.29, 0.717) is 6.61 Å². The van der Waals surface area contributed by atoms with Gasteiger partial charge in [-0.25, -0.2) is 0 Å². The fourth-order valence-electron chi connectivity index (χ4n) is 4.17. The molecule has 0 bridgehead atoms. The number of aryl methyl sites for hydroxylation is 3. The van der Waals surface area contributed by atoms with Gasteiger partial charge in [-0.15, -0.1) is 0 Å². The lowest BCUT2D eigenvalue weighted by Crippen LogP contribution is -2.00. The Hall–Kier alpha value is -3.34. The Labute approximate surface area is 177 Å². The summed E-state index contributed by atoms with van der Waals surface area (Å²) in [4.78, 5) is 0. The van der Waals surface area contributed by atoms with Crippen molar-refractivity contribution in [2.45, 2.75) is 34.1 Å². The van der Waals surface area contributed by atoms with Gasteiger partial charge in [0.25, 0.3) is 0 Å². The average Bonchev–Trinajstić information content (AvgIpc) is 3.03. The number of fused-ring (bicyclic) bond motifs is 1. The summed E-state index contributed by atoms with van der Waals surface area (Å²) < 4.78 is 13.2. The maximum absolute atomic E-state index is 5.60. The molecule has 4 aromatic rings. The van der Waals surface area contributed by atoms with Gasteiger partial charge in [-0.2, -0.15) is 10.2 Å². The van der Waals surface area contributed by atoms with Crippen LogP contribution in [0.4, 0.5) is 0 Å². The molecule has 0 spiro atoms. The van der Waals surface area contributed by atoms with Crippen molar-refractivity contribution in [1.29, 1.82) is 0 Å². The SMILES string of the molecule is CCOc1ccc(-n2c(C)c3c(C)nnc(Cc4ccc(OC)cc4)c3c2C)cc1. The van der Waals surface area contributed by atoms with Crippen LogP contribution in [0.3, 0.4) is 0 Å². The first-order valence-corrected chi connectivity index (χ1v) is 10.2. The average molecular weight is 402 g/mol. The zero-order valence-corrected chi connectivity index (χ0v) is 18.2. The lowest BCUT2D eigenvalue weighted by atomic mass is 10.0. The molecule has 2 aromatic carbocycles. The van der Waals surface area contributed by atoms with E-state index in [1.807, 2.05) is 38.1 Å². The molecule has 0 saturated heterocycles. The molecule has 0 aliphatic carbocycles. The Balaban J connectivity index is 1.82. The van der Waals surface area contributed by atoms with Crippen LogP contribution in [-0.4, -0.2) is 28.5 Å². The standard InChI is InChI=1S/C25H27N3O2/c1-6-30-22-13-9-20(10-14-22)28-17(3)24-16(2)26-27-23(25(24)18(28)4)15-19-7-11-21(29-5)12-8-19/h7-14H,6,15H2,1-5H3. The molecule has 0 aliphatic rings. The lowest BCUT2D eigenvalue weighted by Gasteiger charge is -2.11. The van der Waals surface area contributed by atoms with Gasteiger partial charge in [0.1, 0.15) is 11.5 Å². The van der Waals surface area contributed by atoms with Crippen LogP contribution >= 0.6 is 0 Å². The van der Waals surface area contributed by atoms with E-state index < -0.39 is 0 Å². The highest BCUT2D eigenvalue weighted by Gasteiger charge is 2.19. The minimum Gasteiger partial charge on any atom is -0.497 e. The van der Waals surface area contributed by atoms with E-state index in [9.17, 15) is 0 Å². The number of methoxy groups -OCH3 is 1. The van der Waals surface area contributed by atoms with Crippen molar-refractivity contribution in [1.82, 2.24) is 14.8 Å². The molecule has 4 rings (SSSR count). The van der Waals surface area contributed by atoms with Gasteiger partial charge in [-0.3, -0.25) is 0 Å². The highest BCUT2D eigenvalue weighted by atomic mass is 16.5. The minimum absolute atomic E-state index is 0.663. The van der Waals surface area contributed by atoms with Gasteiger partial charge in [0, 0.05) is 34.3 Å². The fraction of sp³-hybridized carbons (Fsp3) is 0.280. The second-order valence-electron chi connectivity index (χ2n) is 7.44. The van der Waals surface area contributed by atoms with Gasteiger partial charge in [-0.05, 0) is 69.7 Å². The molecule has 0 amide bonds. The second-order valence-corrected chi connectivity index (χ2v) is 7.44. The molecule has 0 N–H and O–H groups in total. The first kappa shape index (κ1) is 20.0. The van der Waals surface area contributed by atoms with E-state index in [1.54, 1.807) is 7.11 Å². The quantitative estimate of drug-likeness (QED) is 0.437. The van der Waals surface area contributed by atoms with Gasteiger partial charge in [0.2, 0.25) is 0 Å². The molecule has 2 heterocycles. The molecule has 0 unspecified atom stereocenters. The number of rotatable bonds is 6. The van der Waals surface area contributed by atoms with Crippen molar-refractivity contribution in [3.63, 3.8) is 0 Å². The smallest absolute Gasteiger partial charge is 0.119 e. The Morgan fingerprint density at radius 3 is 2.07 bits per heavy atom. The Morgan fingerprint density at radius 2 is 1.43 bits per heavy atom. The third-order valence-corrected chi connectivity index (χ3v) is 5.55. The molecule has 0 radical (unpaired) electrons. The van der Waals surface area contributed by atoms with Crippen molar-refractivity contribution in [2.24, 2.45) is 0 Å². The van der Waals surface area contributed by atoms with Crippen molar-refractivity contribution < 1.29 is 9.47 Å². The number of ether oxygens (including phenoxy) is 2. The summed E-state index contributed by atoms with van der Waals surface area (Å²) in [6, 6.07) is 16.4. The minimum atomic E-state index is 0.663. The number of nitrogens with zero attached hydrogens (tertiary/aromatic N) is 3. The van der Waals surface area contributed by atoms with Crippen molar-refractivity contribution in [2.75, 3.05) is 13.7 Å². The van der Waals surface area contributed by atoms with Crippen LogP contribution in [0.1, 0.15) is 35.3 Å². The predicted molar refractivity (Wildman–Crippen MR) is 120 cm³/mol. The highest BCUT2D eigenvalue weighted by Crippen LogP contribution is 2.33. The van der Waals surface area contributed by atoms with E-state index in [4.69, 9.17) is 9.47 Å². The molecule has 0 aliphatic heterocycles. The maximum atomic E-state index is 5.60. The first-order valence-electron chi connectivity index (χ1n) is 10.2. The van der Waals surface area contributed by atoms with Crippen LogP contribution < -0.4 is 9.47 Å². The van der Waals surface area contributed by atoms with Crippen LogP contribution in [0.2, 0.25) is 0 Å². The summed E-state index contributed by atoms with van der Waals surface area (Å²) in [6.45, 7) is 8.99. The summed E-state index contributed by atoms with van der Waals surface area (Å²) in [5.74, 6) is 1.74. The second kappa shape index (κ2) is 8.19. The Kier molecular flexibility index (Phi) is 5.44. The fourth-order valence-corrected chi connectivity index (χ4v) is 4.17. The van der Waals surface area contributed by atoms with Crippen LogP contribution in [-0.2, 0) is 6.42 Å². The third-order valence-electron chi connectivity index (χ3n) is 5.55. The van der Waals surface area contributed by atoms with Crippen molar-refractivity contribution in [3.8, 4) is 17.2 Å². The third kappa shape index (κ3) is 3.52. The first-order chi connectivity index (χ1) is 14.5. The molecule has 0 saturated carbocycles. The number of hydrogen-bond acceptors (Lipinski definition) is 4. The summed E-state index contributed by atoms with van der Waals surface area (Å²) in [7, 11) is 1.68. The summed E-state index contributed by atoms with van der Waals surface area (Å²) in [5.41, 5.74) is 6.59. The van der Waals surface area contributed by atoms with Gasteiger partial charge in [0.05, 0.1) is 25.1 Å². The number of hydrogen-bond donors (Lipinski definition) is 0. The molecular formula is C25H27N3O2. The molecule has 30 heavy (non-hydrogen) atoms. The molecule has 5 nitrogen and oxygen atoms in total. The van der Waals surface area contributed by atoms with E-state index in [2.05, 4.69) is 52.9 Å². The van der Waals surface area contributed by atoms with E-state index in [0.717, 1.165) is 35.0 Å². The Morgan fingerprint density at radius 1 is 0.800 bits per heavy atom. The van der Waals surface area contributed by atoms with E-state index >= 15 is 0 Å². The normalized spacial score (nSPS) is 11.1. The topological polar surface area (TPSA) is 49.2 Å². The van der Waals surface area contributed by atoms with Crippen molar-refractivity contribution in [3.05, 3.63) is 76.9 Å². The summed E-state index contributed by atoms with van der Waals surface area (Å²) in [5, 5.41) is 11.4. The molecular weight excluding hydrogens is 374 g/mol. The monoisotopic (exact) mass is 401 g/mol. The highest BCUT2D eigenvalue weighted by molar-refractivity contribution is 5.93. The predicted octanol–water partition coefficient (Wildman–Crippen LogP) is 5.34. The molecule has 5 heteroatoms. The maximum Gasteiger partial charge on any atom is 0.119 e. The zero-order chi connectivity index (χ0) is 21.3. The van der Waals surface area contributed by atoms with Crippen molar-refractivity contribution >= 4 is 10.8 Å². The molecule has 0 atom stereocenters. The molecule has 0 fully saturated rings. The van der Waals surface area contributed by atoms with Crippen LogP contribution in [0.25, 0.3) is 16.5 Å². The number of benzene rings is 2. The van der Waals surface area contributed by atoms with Crippen LogP contribution in [0.15, 0.2) is 48.5 Å². The number of aromatic nitrogens is 3. The van der Waals surface area contributed by atoms with Crippen LogP contribution in [0.5, 0.6) is 11.5 Å². The summed E-state index contributed by atoms with van der Waals surface area (Å²) in [6.07, 6.45) is 0.724. The lowest BCUT2D eigenvalue weighted by molar-refractivity contribution is 0.340. The molecule has 154 valence electrons. The van der Waals surface area contributed by atoms with E-state index in [-0.39, 0.29) is 0 Å². The van der Waals surface area contributed by atoms with Gasteiger partial charge < -0.3 is 14.0 Å². The van der Waals surface area contributed by atoms with Gasteiger partial charge in [0.15, 0.2) is 0 Å². The van der Waals surface area contributed by atoms with Gasteiger partial charge >= 0.3 is 0 Å². The largest absolute Gasteiger partial charge is 0.497 e. The molecule has 2 aromatic heterocycles. The zero-order valence-electron chi connectivity index (χ0n) is 18.2.